The number of para-hydroxylation sites is 2. The van der Waals surface area contributed by atoms with Gasteiger partial charge in [-0.1, -0.05) is 42.5 Å². The molecule has 0 aliphatic heterocycles. The number of carbonyl (C=O) groups is 2. The van der Waals surface area contributed by atoms with Crippen LogP contribution < -0.4 is 24.8 Å². The summed E-state index contributed by atoms with van der Waals surface area (Å²) in [6.45, 7) is 2.40. The lowest BCUT2D eigenvalue weighted by Crippen LogP contribution is -2.19. The molecule has 0 heterocycles. The van der Waals surface area contributed by atoms with E-state index in [0.717, 1.165) is 10.5 Å². The molecule has 2 N–H and O–H groups in total. The zero-order valence-corrected chi connectivity index (χ0v) is 22.8. The van der Waals surface area contributed by atoms with Gasteiger partial charge in [0.1, 0.15) is 11.0 Å². The predicted molar refractivity (Wildman–Crippen MR) is 155 cm³/mol. The number of hydrogen-bond acceptors (Lipinski definition) is 6. The van der Waals surface area contributed by atoms with Crippen molar-refractivity contribution in [1.82, 2.24) is 0 Å². The summed E-state index contributed by atoms with van der Waals surface area (Å²) in [5.41, 5.74) is 2.57. The maximum atomic E-state index is 13.5. The van der Waals surface area contributed by atoms with Crippen molar-refractivity contribution in [3.05, 3.63) is 108 Å². The molecular weight excluding hydrogens is 512 g/mol. The molecule has 200 valence electrons. The highest BCUT2D eigenvalue weighted by Gasteiger charge is 2.23. The third-order valence-corrected chi connectivity index (χ3v) is 7.06. The second-order valence-corrected chi connectivity index (χ2v) is 9.55. The molecule has 7 nitrogen and oxygen atoms in total. The zero-order chi connectivity index (χ0) is 27.6. The molecule has 0 spiro atoms. The molecule has 4 aromatic carbocycles. The van der Waals surface area contributed by atoms with Gasteiger partial charge in [-0.15, -0.1) is 11.8 Å². The van der Waals surface area contributed by atoms with Gasteiger partial charge >= 0.3 is 0 Å². The summed E-state index contributed by atoms with van der Waals surface area (Å²) in [7, 11) is 3.07. The quantitative estimate of drug-likeness (QED) is 0.202. The van der Waals surface area contributed by atoms with E-state index in [-0.39, 0.29) is 11.8 Å². The van der Waals surface area contributed by atoms with Crippen molar-refractivity contribution in [3.8, 4) is 17.2 Å². The lowest BCUT2D eigenvalue weighted by atomic mass is 10.1. The van der Waals surface area contributed by atoms with Crippen LogP contribution in [0.1, 0.15) is 28.1 Å². The van der Waals surface area contributed by atoms with Gasteiger partial charge < -0.3 is 24.8 Å². The van der Waals surface area contributed by atoms with Crippen molar-refractivity contribution in [2.45, 2.75) is 17.1 Å². The Labute approximate surface area is 232 Å². The number of ether oxygens (including phenoxy) is 3. The lowest BCUT2D eigenvalue weighted by molar-refractivity contribution is -0.115. The van der Waals surface area contributed by atoms with Gasteiger partial charge in [0, 0.05) is 16.1 Å². The van der Waals surface area contributed by atoms with Crippen LogP contribution in [0.4, 0.5) is 11.4 Å². The molecule has 39 heavy (non-hydrogen) atoms. The summed E-state index contributed by atoms with van der Waals surface area (Å²) in [5.74, 6) is 1.22. The van der Waals surface area contributed by atoms with E-state index in [1.165, 1.54) is 18.9 Å². The zero-order valence-electron chi connectivity index (χ0n) is 22.0. The first kappa shape index (κ1) is 27.6. The van der Waals surface area contributed by atoms with E-state index in [0.29, 0.717) is 40.8 Å². The summed E-state index contributed by atoms with van der Waals surface area (Å²) in [5, 5.41) is 5.42. The van der Waals surface area contributed by atoms with Gasteiger partial charge in [-0.3, -0.25) is 9.59 Å². The van der Waals surface area contributed by atoms with Crippen molar-refractivity contribution in [2.75, 3.05) is 31.5 Å². The van der Waals surface area contributed by atoms with Crippen molar-refractivity contribution in [2.24, 2.45) is 0 Å². The monoisotopic (exact) mass is 542 g/mol. The molecule has 0 saturated heterocycles. The van der Waals surface area contributed by atoms with Gasteiger partial charge in [-0.2, -0.15) is 0 Å². The minimum atomic E-state index is -0.506. The van der Waals surface area contributed by atoms with Crippen LogP contribution in [0.2, 0.25) is 0 Å². The van der Waals surface area contributed by atoms with E-state index in [2.05, 4.69) is 10.6 Å². The summed E-state index contributed by atoms with van der Waals surface area (Å²) in [6.07, 6.45) is 0. The topological polar surface area (TPSA) is 85.9 Å². The average Bonchev–Trinajstić information content (AvgIpc) is 2.97. The Morgan fingerprint density at radius 1 is 0.769 bits per heavy atom. The Balaban J connectivity index is 1.49. The average molecular weight is 543 g/mol. The number of nitrogens with one attached hydrogen (secondary N) is 2. The lowest BCUT2D eigenvalue weighted by Gasteiger charge is -2.19. The first-order chi connectivity index (χ1) is 19.0. The second-order valence-electron chi connectivity index (χ2n) is 8.38. The van der Waals surface area contributed by atoms with E-state index in [9.17, 15) is 9.59 Å². The highest BCUT2D eigenvalue weighted by atomic mass is 32.2. The van der Waals surface area contributed by atoms with Crippen LogP contribution in [-0.2, 0) is 4.79 Å². The molecule has 0 fully saturated rings. The molecule has 0 aromatic heterocycles. The van der Waals surface area contributed by atoms with Crippen LogP contribution in [0.5, 0.6) is 17.2 Å². The molecule has 1 unspecified atom stereocenters. The summed E-state index contributed by atoms with van der Waals surface area (Å²) in [4.78, 5) is 27.1. The van der Waals surface area contributed by atoms with Crippen LogP contribution in [0, 0.1) is 0 Å². The number of benzene rings is 4. The minimum Gasteiger partial charge on any atom is -0.493 e. The number of carbonyl (C=O) groups excluding carboxylic acids is 2. The Hall–Kier alpha value is -4.43. The molecule has 0 saturated carbocycles. The fourth-order valence-electron chi connectivity index (χ4n) is 3.88. The van der Waals surface area contributed by atoms with Gasteiger partial charge in [-0.25, -0.2) is 0 Å². The molecule has 4 rings (SSSR count). The summed E-state index contributed by atoms with van der Waals surface area (Å²) >= 11 is 1.43. The Kier molecular flexibility index (Phi) is 9.48. The molecule has 2 amide bonds. The van der Waals surface area contributed by atoms with Crippen molar-refractivity contribution >= 4 is 35.0 Å². The Morgan fingerprint density at radius 3 is 2.15 bits per heavy atom. The van der Waals surface area contributed by atoms with E-state index < -0.39 is 5.25 Å². The molecule has 4 aromatic rings. The van der Waals surface area contributed by atoms with Gasteiger partial charge in [-0.05, 0) is 67.1 Å². The molecule has 0 bridgehead atoms. The fraction of sp³-hybridized carbons (Fsp3) is 0.161. The van der Waals surface area contributed by atoms with Crippen molar-refractivity contribution in [3.63, 3.8) is 0 Å². The van der Waals surface area contributed by atoms with E-state index in [4.69, 9.17) is 14.2 Å². The number of methoxy groups -OCH3 is 2. The largest absolute Gasteiger partial charge is 0.493 e. The first-order valence-corrected chi connectivity index (χ1v) is 13.3. The van der Waals surface area contributed by atoms with Gasteiger partial charge in [0.15, 0.2) is 11.5 Å². The number of thioether (sulfide) groups is 1. The number of rotatable bonds is 11. The molecular formula is C31H30N2O5S. The Morgan fingerprint density at radius 2 is 1.46 bits per heavy atom. The van der Waals surface area contributed by atoms with Crippen LogP contribution in [-0.4, -0.2) is 32.6 Å². The van der Waals surface area contributed by atoms with E-state index in [1.807, 2.05) is 85.8 Å². The van der Waals surface area contributed by atoms with Crippen molar-refractivity contribution < 1.29 is 23.8 Å². The highest BCUT2D eigenvalue weighted by Crippen LogP contribution is 2.37. The minimum absolute atomic E-state index is 0.163. The van der Waals surface area contributed by atoms with Gasteiger partial charge in [0.25, 0.3) is 5.91 Å². The highest BCUT2D eigenvalue weighted by molar-refractivity contribution is 8.00. The molecule has 8 heteroatoms. The third-order valence-electron chi connectivity index (χ3n) is 5.80. The molecule has 0 aliphatic carbocycles. The van der Waals surface area contributed by atoms with Crippen LogP contribution >= 0.6 is 11.8 Å². The van der Waals surface area contributed by atoms with Crippen molar-refractivity contribution in [1.29, 1.82) is 0 Å². The molecule has 1 atom stereocenters. The SMILES string of the molecule is CCOc1ccccc1NC(=O)C(Sc1ccc(NC(=O)c2ccc(OC)c(OC)c2)cc1)c1ccccc1. The second kappa shape index (κ2) is 13.4. The summed E-state index contributed by atoms with van der Waals surface area (Å²) in [6, 6.07) is 29.4. The van der Waals surface area contributed by atoms with Gasteiger partial charge in [0.05, 0.1) is 26.5 Å². The number of anilines is 2. The number of hydrogen-bond donors (Lipinski definition) is 2. The summed E-state index contributed by atoms with van der Waals surface area (Å²) < 4.78 is 16.2. The Bertz CT molecular complexity index is 1410. The third kappa shape index (κ3) is 7.12. The molecule has 0 aliphatic rings. The van der Waals surface area contributed by atoms with Gasteiger partial charge in [0.2, 0.25) is 5.91 Å². The molecule has 0 radical (unpaired) electrons. The standard InChI is InChI=1S/C31H30N2O5S/c1-4-38-26-13-9-8-12-25(26)33-31(35)29(21-10-6-5-7-11-21)39-24-17-15-23(16-18-24)32-30(34)22-14-19-27(36-2)28(20-22)37-3/h5-20,29H,4H2,1-3H3,(H,32,34)(H,33,35). The van der Waals surface area contributed by atoms with Crippen LogP contribution in [0.3, 0.4) is 0 Å². The van der Waals surface area contributed by atoms with Crippen LogP contribution in [0.15, 0.2) is 102 Å². The number of amides is 2. The van der Waals surface area contributed by atoms with E-state index >= 15 is 0 Å². The first-order valence-electron chi connectivity index (χ1n) is 12.4. The van der Waals surface area contributed by atoms with Crippen LogP contribution in [0.25, 0.3) is 0 Å². The maximum absolute atomic E-state index is 13.5. The fourth-order valence-corrected chi connectivity index (χ4v) is 4.91. The smallest absolute Gasteiger partial charge is 0.255 e. The maximum Gasteiger partial charge on any atom is 0.255 e. The normalized spacial score (nSPS) is 11.3. The predicted octanol–water partition coefficient (Wildman–Crippen LogP) is 6.83. The van der Waals surface area contributed by atoms with E-state index in [1.54, 1.807) is 25.3 Å².